The van der Waals surface area contributed by atoms with Crippen LogP contribution in [0.4, 0.5) is 0 Å². The molecule has 70 valence electrons. The number of rotatable bonds is 2. The van der Waals surface area contributed by atoms with Crippen molar-refractivity contribution in [3.63, 3.8) is 0 Å². The maximum atomic E-state index is 11.0. The van der Waals surface area contributed by atoms with Gasteiger partial charge in [-0.05, 0) is 12.1 Å². The molecule has 0 unspecified atom stereocenters. The Morgan fingerprint density at radius 3 is 2.08 bits per heavy atom. The van der Waals surface area contributed by atoms with Gasteiger partial charge in [-0.15, -0.1) is 0 Å². The molecule has 0 amide bonds. The van der Waals surface area contributed by atoms with Crippen LogP contribution in [0.15, 0.2) is 12.1 Å². The second kappa shape index (κ2) is 3.32. The fourth-order valence-corrected chi connectivity index (χ4v) is 0.883. The number of aromatic hydroxyl groups is 3. The lowest BCUT2D eigenvalue weighted by atomic mass is 10.1. The normalized spacial score (nSPS) is 9.92. The van der Waals surface area contributed by atoms with Crippen molar-refractivity contribution < 1.29 is 20.1 Å². The Hall–Kier alpha value is -1.75. The van der Waals surface area contributed by atoms with E-state index in [0.717, 1.165) is 12.1 Å². The maximum Gasteiger partial charge on any atom is 0.200 e. The third kappa shape index (κ3) is 1.70. The largest absolute Gasteiger partial charge is 0.504 e. The Bertz CT molecular complexity index is 325. The minimum absolute atomic E-state index is 0.0651. The first-order chi connectivity index (χ1) is 6.06. The van der Waals surface area contributed by atoms with E-state index >= 15 is 0 Å². The Morgan fingerprint density at radius 2 is 1.69 bits per heavy atom. The zero-order valence-electron chi connectivity index (χ0n) is 6.69. The molecule has 1 aromatic carbocycles. The Balaban J connectivity index is 3.20. The number of benzene rings is 1. The first-order valence-corrected chi connectivity index (χ1v) is 3.54. The molecule has 0 atom stereocenters. The molecule has 0 radical (unpaired) electrons. The van der Waals surface area contributed by atoms with Crippen LogP contribution in [0.25, 0.3) is 0 Å². The van der Waals surface area contributed by atoms with Gasteiger partial charge in [-0.1, -0.05) is 0 Å². The van der Waals surface area contributed by atoms with E-state index < -0.39 is 23.0 Å². The fraction of sp³-hybridized carbons (Fsp3) is 0.125. The van der Waals surface area contributed by atoms with Gasteiger partial charge in [-0.3, -0.25) is 4.79 Å². The van der Waals surface area contributed by atoms with Crippen LogP contribution >= 0.6 is 0 Å². The third-order valence-electron chi connectivity index (χ3n) is 1.58. The Morgan fingerprint density at radius 1 is 1.23 bits per heavy atom. The summed E-state index contributed by atoms with van der Waals surface area (Å²) in [6.45, 7) is -0.219. The summed E-state index contributed by atoms with van der Waals surface area (Å²) in [7, 11) is 0. The van der Waals surface area contributed by atoms with Crippen molar-refractivity contribution in [2.24, 2.45) is 5.73 Å². The Kier molecular flexibility index (Phi) is 2.39. The van der Waals surface area contributed by atoms with Crippen LogP contribution in [-0.4, -0.2) is 27.6 Å². The van der Waals surface area contributed by atoms with E-state index in [9.17, 15) is 4.79 Å². The number of ketones is 1. The number of carbonyl (C=O) groups is 1. The van der Waals surface area contributed by atoms with E-state index in [4.69, 9.17) is 21.1 Å². The van der Waals surface area contributed by atoms with Crippen LogP contribution in [-0.2, 0) is 0 Å². The predicted octanol–water partition coefficient (Wildman–Crippen LogP) is -0.0552. The number of hydrogen-bond donors (Lipinski definition) is 4. The summed E-state index contributed by atoms with van der Waals surface area (Å²) in [5.41, 5.74) is 5.13. The van der Waals surface area contributed by atoms with Gasteiger partial charge in [0, 0.05) is 5.56 Å². The molecule has 0 aliphatic heterocycles. The lowest BCUT2D eigenvalue weighted by Crippen LogP contribution is -2.13. The van der Waals surface area contributed by atoms with Crippen molar-refractivity contribution in [2.75, 3.05) is 6.54 Å². The second-order valence-corrected chi connectivity index (χ2v) is 2.49. The molecule has 0 heterocycles. The zero-order chi connectivity index (χ0) is 10.0. The van der Waals surface area contributed by atoms with Crippen LogP contribution in [0.5, 0.6) is 17.2 Å². The molecule has 1 rings (SSSR count). The van der Waals surface area contributed by atoms with Crippen LogP contribution < -0.4 is 5.73 Å². The average molecular weight is 183 g/mol. The van der Waals surface area contributed by atoms with Gasteiger partial charge in [0.1, 0.15) is 0 Å². The molecular formula is C8H9NO4. The van der Waals surface area contributed by atoms with Crippen LogP contribution in [0.1, 0.15) is 10.4 Å². The smallest absolute Gasteiger partial charge is 0.200 e. The van der Waals surface area contributed by atoms with Crippen LogP contribution in [0.3, 0.4) is 0 Å². The van der Waals surface area contributed by atoms with Crippen molar-refractivity contribution >= 4 is 5.78 Å². The second-order valence-electron chi connectivity index (χ2n) is 2.49. The lowest BCUT2D eigenvalue weighted by Gasteiger charge is -2.03. The first-order valence-electron chi connectivity index (χ1n) is 3.54. The highest BCUT2D eigenvalue weighted by atomic mass is 16.3. The van der Waals surface area contributed by atoms with Crippen molar-refractivity contribution in [1.82, 2.24) is 0 Å². The van der Waals surface area contributed by atoms with Gasteiger partial charge in [0.15, 0.2) is 23.0 Å². The van der Waals surface area contributed by atoms with Crippen molar-refractivity contribution in [1.29, 1.82) is 0 Å². The van der Waals surface area contributed by atoms with Crippen molar-refractivity contribution in [3.8, 4) is 17.2 Å². The van der Waals surface area contributed by atoms with Gasteiger partial charge in [-0.25, -0.2) is 0 Å². The molecule has 13 heavy (non-hydrogen) atoms. The number of phenolic OH excluding ortho intramolecular Hbond substituents is 3. The summed E-state index contributed by atoms with van der Waals surface area (Å²) in [6, 6.07) is 2.09. The molecule has 0 aromatic heterocycles. The minimum Gasteiger partial charge on any atom is -0.504 e. The highest BCUT2D eigenvalue weighted by molar-refractivity contribution is 5.98. The number of nitrogens with two attached hydrogens (primary N) is 1. The predicted molar refractivity (Wildman–Crippen MR) is 44.8 cm³/mol. The molecule has 5 nitrogen and oxygen atoms in total. The maximum absolute atomic E-state index is 11.0. The van der Waals surface area contributed by atoms with Crippen LogP contribution in [0.2, 0.25) is 0 Å². The zero-order valence-corrected chi connectivity index (χ0v) is 6.69. The molecule has 0 saturated carbocycles. The summed E-state index contributed by atoms with van der Waals surface area (Å²) >= 11 is 0. The van der Waals surface area contributed by atoms with Gasteiger partial charge in [0.25, 0.3) is 0 Å². The van der Waals surface area contributed by atoms with Gasteiger partial charge in [0.05, 0.1) is 6.54 Å². The summed E-state index contributed by atoms with van der Waals surface area (Å²) in [6.07, 6.45) is 0. The quantitative estimate of drug-likeness (QED) is 0.380. The van der Waals surface area contributed by atoms with Gasteiger partial charge >= 0.3 is 0 Å². The van der Waals surface area contributed by atoms with Crippen LogP contribution in [0, 0.1) is 0 Å². The molecule has 0 aliphatic carbocycles. The SMILES string of the molecule is NCC(=O)c1cc(O)c(O)c(O)c1. The molecule has 0 aliphatic rings. The molecular weight excluding hydrogens is 174 g/mol. The number of hydrogen-bond acceptors (Lipinski definition) is 5. The Labute approximate surface area is 74.0 Å². The highest BCUT2D eigenvalue weighted by Gasteiger charge is 2.11. The van der Waals surface area contributed by atoms with E-state index in [1.165, 1.54) is 0 Å². The van der Waals surface area contributed by atoms with Crippen molar-refractivity contribution in [2.45, 2.75) is 0 Å². The topological polar surface area (TPSA) is 104 Å². The summed E-state index contributed by atoms with van der Waals surface area (Å²) in [5.74, 6) is -2.16. The van der Waals surface area contributed by atoms with E-state index in [-0.39, 0.29) is 12.1 Å². The molecule has 0 saturated heterocycles. The summed E-state index contributed by atoms with van der Waals surface area (Å²) in [4.78, 5) is 11.0. The highest BCUT2D eigenvalue weighted by Crippen LogP contribution is 2.35. The number of phenols is 3. The molecule has 0 spiro atoms. The minimum atomic E-state index is -0.645. The lowest BCUT2D eigenvalue weighted by molar-refractivity contribution is 0.100. The number of Topliss-reactive ketones (excluding diaryl/α,β-unsaturated/α-hetero) is 1. The van der Waals surface area contributed by atoms with Crippen molar-refractivity contribution in [3.05, 3.63) is 17.7 Å². The summed E-state index contributed by atoms with van der Waals surface area (Å²) in [5, 5.41) is 27.0. The molecule has 1 aromatic rings. The molecule has 5 heteroatoms. The number of carbonyl (C=O) groups excluding carboxylic acids is 1. The molecule has 0 bridgehead atoms. The van der Waals surface area contributed by atoms with E-state index in [0.29, 0.717) is 0 Å². The molecule has 0 fully saturated rings. The third-order valence-corrected chi connectivity index (χ3v) is 1.58. The van der Waals surface area contributed by atoms with E-state index in [1.54, 1.807) is 0 Å². The fourth-order valence-electron chi connectivity index (χ4n) is 0.883. The van der Waals surface area contributed by atoms with E-state index in [1.807, 2.05) is 0 Å². The molecule has 5 N–H and O–H groups in total. The standard InChI is InChI=1S/C8H9NO4/c9-3-7(12)4-1-5(10)8(13)6(11)2-4/h1-2,10-11,13H,3,9H2. The summed E-state index contributed by atoms with van der Waals surface area (Å²) < 4.78 is 0. The first kappa shape index (κ1) is 9.34. The van der Waals surface area contributed by atoms with Gasteiger partial charge in [0.2, 0.25) is 0 Å². The average Bonchev–Trinajstić information content (AvgIpc) is 2.12. The van der Waals surface area contributed by atoms with E-state index in [2.05, 4.69) is 0 Å². The monoisotopic (exact) mass is 183 g/mol. The van der Waals surface area contributed by atoms with Gasteiger partial charge < -0.3 is 21.1 Å². The van der Waals surface area contributed by atoms with Gasteiger partial charge in [-0.2, -0.15) is 0 Å².